The Morgan fingerprint density at radius 2 is 2.05 bits per heavy atom. The second-order valence-electron chi connectivity index (χ2n) is 5.55. The summed E-state index contributed by atoms with van der Waals surface area (Å²) in [5, 5.41) is 3.19. The highest BCUT2D eigenvalue weighted by Gasteiger charge is 2.21. The van der Waals surface area contributed by atoms with E-state index >= 15 is 0 Å². The van der Waals surface area contributed by atoms with Crippen LogP contribution >= 0.6 is 0 Å². The molecule has 4 heteroatoms. The smallest absolute Gasteiger partial charge is 0.188 e. The van der Waals surface area contributed by atoms with Gasteiger partial charge in [-0.05, 0) is 38.8 Å². The quantitative estimate of drug-likeness (QED) is 0.404. The van der Waals surface area contributed by atoms with E-state index in [1.807, 2.05) is 0 Å². The predicted molar refractivity (Wildman–Crippen MR) is 83.5 cm³/mol. The van der Waals surface area contributed by atoms with Crippen molar-refractivity contribution < 1.29 is 0 Å². The van der Waals surface area contributed by atoms with Crippen LogP contribution in [0.15, 0.2) is 4.99 Å². The van der Waals surface area contributed by atoms with Crippen molar-refractivity contribution >= 4 is 5.96 Å². The molecule has 0 radical (unpaired) electrons. The first-order valence-corrected chi connectivity index (χ1v) is 8.05. The monoisotopic (exact) mass is 268 g/mol. The van der Waals surface area contributed by atoms with Gasteiger partial charge < -0.3 is 11.1 Å². The lowest BCUT2D eigenvalue weighted by atomic mass is 10.0. The maximum Gasteiger partial charge on any atom is 0.188 e. The SMILES string of the molecule is CCCCNC(N)=NCC1CCCCN1CCCC. The Bertz CT molecular complexity index is 253. The average molecular weight is 268 g/mol. The molecule has 0 aliphatic carbocycles. The molecule has 3 N–H and O–H groups in total. The van der Waals surface area contributed by atoms with Crippen LogP contribution in [0.1, 0.15) is 58.8 Å². The van der Waals surface area contributed by atoms with Gasteiger partial charge in [0.25, 0.3) is 0 Å². The number of unbranched alkanes of at least 4 members (excludes halogenated alkanes) is 2. The van der Waals surface area contributed by atoms with Crippen molar-refractivity contribution in [3.05, 3.63) is 0 Å². The highest BCUT2D eigenvalue weighted by atomic mass is 15.2. The topological polar surface area (TPSA) is 53.6 Å². The van der Waals surface area contributed by atoms with Crippen LogP contribution in [0.5, 0.6) is 0 Å². The molecule has 112 valence electrons. The lowest BCUT2D eigenvalue weighted by Gasteiger charge is -2.34. The van der Waals surface area contributed by atoms with Crippen LogP contribution in [0.25, 0.3) is 0 Å². The molecule has 0 spiro atoms. The van der Waals surface area contributed by atoms with Crippen LogP contribution in [0.3, 0.4) is 0 Å². The van der Waals surface area contributed by atoms with Crippen LogP contribution in [0.2, 0.25) is 0 Å². The molecule has 0 aromatic rings. The first kappa shape index (κ1) is 16.3. The maximum absolute atomic E-state index is 5.90. The number of piperidine rings is 1. The Labute approximate surface area is 118 Å². The second kappa shape index (κ2) is 10.1. The van der Waals surface area contributed by atoms with Crippen LogP contribution in [-0.4, -0.2) is 43.1 Å². The summed E-state index contributed by atoms with van der Waals surface area (Å²) in [6.07, 6.45) is 8.86. The molecule has 1 fully saturated rings. The minimum atomic E-state index is 0.604. The number of rotatable bonds is 8. The number of guanidine groups is 1. The van der Waals surface area contributed by atoms with Gasteiger partial charge in [-0.3, -0.25) is 9.89 Å². The van der Waals surface area contributed by atoms with E-state index in [0.29, 0.717) is 12.0 Å². The van der Waals surface area contributed by atoms with Crippen molar-refractivity contribution in [3.8, 4) is 0 Å². The van der Waals surface area contributed by atoms with Gasteiger partial charge in [0.1, 0.15) is 0 Å². The van der Waals surface area contributed by atoms with E-state index < -0.39 is 0 Å². The van der Waals surface area contributed by atoms with Gasteiger partial charge in [0.15, 0.2) is 5.96 Å². The third-order valence-electron chi connectivity index (χ3n) is 3.86. The number of nitrogens with zero attached hydrogens (tertiary/aromatic N) is 2. The number of aliphatic imine (C=N–C) groups is 1. The van der Waals surface area contributed by atoms with E-state index in [1.165, 1.54) is 51.6 Å². The summed E-state index contributed by atoms with van der Waals surface area (Å²) in [5.74, 6) is 0.620. The number of nitrogens with two attached hydrogens (primary N) is 1. The average Bonchev–Trinajstić information content (AvgIpc) is 2.44. The molecule has 1 aliphatic rings. The molecule has 1 unspecified atom stereocenters. The molecule has 1 heterocycles. The standard InChI is InChI=1S/C15H32N4/c1-3-5-10-17-15(16)18-13-14-9-7-8-12-19(14)11-6-4-2/h14H,3-13H2,1-2H3,(H3,16,17,18). The number of hydrogen-bond donors (Lipinski definition) is 2. The Morgan fingerprint density at radius 3 is 2.79 bits per heavy atom. The summed E-state index contributed by atoms with van der Waals surface area (Å²) in [4.78, 5) is 7.13. The van der Waals surface area contributed by atoms with Gasteiger partial charge >= 0.3 is 0 Å². The van der Waals surface area contributed by atoms with Crippen LogP contribution in [-0.2, 0) is 0 Å². The predicted octanol–water partition coefficient (Wildman–Crippen LogP) is 2.35. The maximum atomic E-state index is 5.90. The molecule has 1 aliphatic heterocycles. The van der Waals surface area contributed by atoms with Crippen molar-refractivity contribution in [1.82, 2.24) is 10.2 Å². The number of likely N-dealkylation sites (tertiary alicyclic amines) is 1. The molecule has 1 rings (SSSR count). The van der Waals surface area contributed by atoms with Gasteiger partial charge in [0, 0.05) is 12.6 Å². The summed E-state index contributed by atoms with van der Waals surface area (Å²) < 4.78 is 0. The molecular formula is C15H32N4. The van der Waals surface area contributed by atoms with Gasteiger partial charge in [-0.15, -0.1) is 0 Å². The molecule has 0 aromatic carbocycles. The summed E-state index contributed by atoms with van der Waals surface area (Å²) in [7, 11) is 0. The Morgan fingerprint density at radius 1 is 1.26 bits per heavy atom. The van der Waals surface area contributed by atoms with Crippen molar-refractivity contribution in [1.29, 1.82) is 0 Å². The zero-order valence-corrected chi connectivity index (χ0v) is 12.8. The third kappa shape index (κ3) is 6.81. The van der Waals surface area contributed by atoms with E-state index in [4.69, 9.17) is 5.73 Å². The van der Waals surface area contributed by atoms with Crippen molar-refractivity contribution in [2.24, 2.45) is 10.7 Å². The zero-order chi connectivity index (χ0) is 13.9. The van der Waals surface area contributed by atoms with Gasteiger partial charge in [-0.2, -0.15) is 0 Å². The van der Waals surface area contributed by atoms with Gasteiger partial charge in [-0.25, -0.2) is 0 Å². The van der Waals surface area contributed by atoms with E-state index in [2.05, 4.69) is 29.1 Å². The molecule has 1 saturated heterocycles. The Kier molecular flexibility index (Phi) is 8.63. The molecule has 0 aromatic heterocycles. The van der Waals surface area contributed by atoms with Crippen molar-refractivity contribution in [2.75, 3.05) is 26.2 Å². The van der Waals surface area contributed by atoms with Crippen LogP contribution in [0, 0.1) is 0 Å². The highest BCUT2D eigenvalue weighted by molar-refractivity contribution is 5.77. The fourth-order valence-corrected chi connectivity index (χ4v) is 2.58. The first-order valence-electron chi connectivity index (χ1n) is 8.05. The molecule has 0 bridgehead atoms. The van der Waals surface area contributed by atoms with E-state index in [-0.39, 0.29) is 0 Å². The second-order valence-corrected chi connectivity index (χ2v) is 5.55. The molecule has 19 heavy (non-hydrogen) atoms. The molecule has 4 nitrogen and oxygen atoms in total. The van der Waals surface area contributed by atoms with Crippen LogP contribution in [0.4, 0.5) is 0 Å². The van der Waals surface area contributed by atoms with Crippen molar-refractivity contribution in [3.63, 3.8) is 0 Å². The molecule has 1 atom stereocenters. The third-order valence-corrected chi connectivity index (χ3v) is 3.86. The fourth-order valence-electron chi connectivity index (χ4n) is 2.58. The van der Waals surface area contributed by atoms with Crippen LogP contribution < -0.4 is 11.1 Å². The normalized spacial score (nSPS) is 21.6. The highest BCUT2D eigenvalue weighted by Crippen LogP contribution is 2.17. The summed E-state index contributed by atoms with van der Waals surface area (Å²) in [6, 6.07) is 0.604. The fraction of sp³-hybridized carbons (Fsp3) is 0.933. The summed E-state index contributed by atoms with van der Waals surface area (Å²) >= 11 is 0. The number of nitrogens with one attached hydrogen (secondary N) is 1. The van der Waals surface area contributed by atoms with E-state index in [1.54, 1.807) is 0 Å². The molecule has 0 amide bonds. The Hall–Kier alpha value is -0.770. The first-order chi connectivity index (χ1) is 9.27. The van der Waals surface area contributed by atoms with Gasteiger partial charge in [0.05, 0.1) is 6.54 Å². The van der Waals surface area contributed by atoms with Crippen molar-refractivity contribution in [2.45, 2.75) is 64.8 Å². The largest absolute Gasteiger partial charge is 0.370 e. The van der Waals surface area contributed by atoms with Gasteiger partial charge in [0.2, 0.25) is 0 Å². The summed E-state index contributed by atoms with van der Waals surface area (Å²) in [6.45, 7) is 8.70. The molecular weight excluding hydrogens is 236 g/mol. The van der Waals surface area contributed by atoms with Gasteiger partial charge in [-0.1, -0.05) is 33.1 Å². The van der Waals surface area contributed by atoms with E-state index in [9.17, 15) is 0 Å². The lowest BCUT2D eigenvalue weighted by molar-refractivity contribution is 0.151. The minimum Gasteiger partial charge on any atom is -0.370 e. The Balaban J connectivity index is 2.32. The van der Waals surface area contributed by atoms with E-state index in [0.717, 1.165) is 19.5 Å². The molecule has 0 saturated carbocycles. The number of hydrogen-bond acceptors (Lipinski definition) is 2. The zero-order valence-electron chi connectivity index (χ0n) is 12.8. The summed E-state index contributed by atoms with van der Waals surface area (Å²) in [5.41, 5.74) is 5.90. The minimum absolute atomic E-state index is 0.604. The lowest BCUT2D eigenvalue weighted by Crippen LogP contribution is -2.43.